The molecule has 2 rings (SSSR count). The molecule has 0 bridgehead atoms. The van der Waals surface area contributed by atoms with Crippen molar-refractivity contribution >= 4 is 5.78 Å². The second-order valence-corrected chi connectivity index (χ2v) is 7.11. The molecule has 0 radical (unpaired) electrons. The van der Waals surface area contributed by atoms with Crippen LogP contribution in [0, 0.1) is 22.5 Å². The normalized spacial score (nSPS) is 12.8. The van der Waals surface area contributed by atoms with Gasteiger partial charge in [0, 0.05) is 34.2 Å². The Balaban J connectivity index is 2.32. The van der Waals surface area contributed by atoms with Gasteiger partial charge >= 0.3 is 0 Å². The summed E-state index contributed by atoms with van der Waals surface area (Å²) in [4.78, 5) is 26.0. The molecule has 0 aliphatic rings. The van der Waals surface area contributed by atoms with Crippen LogP contribution in [-0.2, 0) is 11.2 Å². The minimum absolute atomic E-state index is 0.0305. The average Bonchev–Trinajstić information content (AvgIpc) is 2.92. The van der Waals surface area contributed by atoms with Gasteiger partial charge in [-0.1, -0.05) is 43.7 Å². The molecular weight excluding hydrogens is 304 g/mol. The van der Waals surface area contributed by atoms with Crippen LogP contribution in [0.25, 0.3) is 11.1 Å². The van der Waals surface area contributed by atoms with Crippen molar-refractivity contribution in [1.29, 1.82) is 0 Å². The number of hydrogen-bond donors (Lipinski definition) is 1. The molecule has 0 spiro atoms. The maximum Gasteiger partial charge on any atom is 0.224 e. The summed E-state index contributed by atoms with van der Waals surface area (Å²) >= 11 is 0. The van der Waals surface area contributed by atoms with Crippen LogP contribution in [0.5, 0.6) is 0 Å². The summed E-state index contributed by atoms with van der Waals surface area (Å²) in [6, 6.07) is 9.19. The first-order valence-electron chi connectivity index (χ1n) is 8.07. The van der Waals surface area contributed by atoms with Crippen LogP contribution in [0.4, 0.5) is 0 Å². The van der Waals surface area contributed by atoms with E-state index in [1.807, 2.05) is 37.3 Å². The lowest BCUT2D eigenvalue weighted by molar-refractivity contribution is -0.540. The van der Waals surface area contributed by atoms with E-state index in [0.717, 1.165) is 16.8 Å². The number of aryl methyl sites for hydroxylation is 1. The summed E-state index contributed by atoms with van der Waals surface area (Å²) in [6.45, 7) is 7.08. The molecule has 0 saturated heterocycles. The molecule has 24 heavy (non-hydrogen) atoms. The van der Waals surface area contributed by atoms with E-state index >= 15 is 0 Å². The fourth-order valence-electron chi connectivity index (χ4n) is 3.17. The summed E-state index contributed by atoms with van der Waals surface area (Å²) < 4.78 is 0. The van der Waals surface area contributed by atoms with Crippen LogP contribution < -0.4 is 0 Å². The molecule has 0 saturated carbocycles. The van der Waals surface area contributed by atoms with Gasteiger partial charge in [0.1, 0.15) is 5.78 Å². The molecule has 1 aromatic carbocycles. The molecule has 0 aliphatic heterocycles. The number of H-pyrrole nitrogens is 1. The maximum atomic E-state index is 11.6. The van der Waals surface area contributed by atoms with E-state index in [0.29, 0.717) is 0 Å². The number of carbonyl (C=O) groups is 1. The fourth-order valence-corrected chi connectivity index (χ4v) is 3.17. The smallest absolute Gasteiger partial charge is 0.224 e. The first kappa shape index (κ1) is 17.9. The van der Waals surface area contributed by atoms with Crippen LogP contribution in [0.2, 0.25) is 0 Å². The predicted octanol–water partition coefficient (Wildman–Crippen LogP) is 4.18. The van der Waals surface area contributed by atoms with E-state index in [2.05, 4.69) is 4.98 Å². The second kappa shape index (κ2) is 6.99. The third-order valence-electron chi connectivity index (χ3n) is 4.45. The molecule has 1 heterocycles. The Bertz CT molecular complexity index is 729. The fraction of sp³-hybridized carbons (Fsp3) is 0.421. The number of rotatable bonds is 7. The molecule has 1 atom stereocenters. The summed E-state index contributed by atoms with van der Waals surface area (Å²) in [5, 5.41) is 11.6. The maximum absolute atomic E-state index is 11.6. The van der Waals surface area contributed by atoms with Crippen LogP contribution in [0.15, 0.2) is 36.5 Å². The largest absolute Gasteiger partial charge is 0.364 e. The average molecular weight is 328 g/mol. The van der Waals surface area contributed by atoms with Crippen LogP contribution in [-0.4, -0.2) is 21.7 Å². The highest BCUT2D eigenvalue weighted by molar-refractivity contribution is 5.76. The van der Waals surface area contributed by atoms with Gasteiger partial charge in [0.25, 0.3) is 0 Å². The van der Waals surface area contributed by atoms with Crippen molar-refractivity contribution < 1.29 is 9.72 Å². The van der Waals surface area contributed by atoms with Crippen molar-refractivity contribution in [3.05, 3.63) is 57.9 Å². The van der Waals surface area contributed by atoms with E-state index in [4.69, 9.17) is 0 Å². The van der Waals surface area contributed by atoms with Crippen LogP contribution in [0.3, 0.4) is 0 Å². The monoisotopic (exact) mass is 328 g/mol. The van der Waals surface area contributed by atoms with Crippen molar-refractivity contribution in [2.24, 2.45) is 5.41 Å². The number of ketones is 1. The van der Waals surface area contributed by atoms with Crippen LogP contribution >= 0.6 is 0 Å². The molecule has 1 N–H and O–H groups in total. The molecular formula is C19H24N2O3. The minimum Gasteiger partial charge on any atom is -0.364 e. The number of carbonyl (C=O) groups excluding carboxylic acids is 1. The number of nitrogens with zero attached hydrogens (tertiary/aromatic N) is 1. The highest BCUT2D eigenvalue weighted by atomic mass is 16.6. The lowest BCUT2D eigenvalue weighted by Gasteiger charge is -2.27. The van der Waals surface area contributed by atoms with Crippen LogP contribution in [0.1, 0.15) is 38.4 Å². The lowest BCUT2D eigenvalue weighted by atomic mass is 9.78. The Morgan fingerprint density at radius 2 is 1.88 bits per heavy atom. The van der Waals surface area contributed by atoms with Crippen molar-refractivity contribution in [2.75, 3.05) is 0 Å². The summed E-state index contributed by atoms with van der Waals surface area (Å²) in [7, 11) is 0. The highest BCUT2D eigenvalue weighted by Crippen LogP contribution is 2.32. The van der Waals surface area contributed by atoms with E-state index in [1.165, 1.54) is 12.5 Å². The Hall–Kier alpha value is -2.43. The first-order chi connectivity index (χ1) is 11.2. The van der Waals surface area contributed by atoms with Gasteiger partial charge < -0.3 is 9.78 Å². The summed E-state index contributed by atoms with van der Waals surface area (Å²) in [5.41, 5.74) is 3.30. The molecule has 1 unspecified atom stereocenters. The van der Waals surface area contributed by atoms with Gasteiger partial charge in [0.15, 0.2) is 0 Å². The molecule has 0 aliphatic carbocycles. The van der Waals surface area contributed by atoms with Gasteiger partial charge in [-0.05, 0) is 25.5 Å². The molecule has 2 aromatic rings. The van der Waals surface area contributed by atoms with Gasteiger partial charge in [-0.15, -0.1) is 0 Å². The molecule has 5 nitrogen and oxygen atoms in total. The molecule has 128 valence electrons. The molecule has 0 amide bonds. The molecule has 0 fully saturated rings. The van der Waals surface area contributed by atoms with Crippen molar-refractivity contribution in [2.45, 2.75) is 46.6 Å². The number of Topliss-reactive ketones (excluding diaryl/α,β-unsaturated/α-hetero) is 1. The summed E-state index contributed by atoms with van der Waals surface area (Å²) in [6.07, 6.45) is 2.27. The Morgan fingerprint density at radius 1 is 1.25 bits per heavy atom. The third kappa shape index (κ3) is 4.10. The third-order valence-corrected chi connectivity index (χ3v) is 4.45. The lowest BCUT2D eigenvalue weighted by Crippen LogP contribution is -2.39. The van der Waals surface area contributed by atoms with Crippen molar-refractivity contribution in [1.82, 2.24) is 4.98 Å². The zero-order chi connectivity index (χ0) is 17.9. The standard InChI is InChI=1S/C19H24N2O3/c1-13-5-7-15(8-6-13)16-9-10-20-17(16)11-18(21(23)24)19(3,4)12-14(2)22/h5-10,18,20H,11-12H2,1-4H3. The van der Waals surface area contributed by atoms with Crippen molar-refractivity contribution in [3.63, 3.8) is 0 Å². The predicted molar refractivity (Wildman–Crippen MR) is 94.5 cm³/mol. The van der Waals surface area contributed by atoms with E-state index in [-0.39, 0.29) is 23.5 Å². The Kier molecular flexibility index (Phi) is 5.22. The van der Waals surface area contributed by atoms with E-state index in [1.54, 1.807) is 20.0 Å². The highest BCUT2D eigenvalue weighted by Gasteiger charge is 2.40. The van der Waals surface area contributed by atoms with Gasteiger partial charge in [-0.3, -0.25) is 10.1 Å². The molecule has 1 aromatic heterocycles. The number of nitro groups is 1. The Labute approximate surface area is 142 Å². The van der Waals surface area contributed by atoms with Gasteiger partial charge in [-0.25, -0.2) is 0 Å². The second-order valence-electron chi connectivity index (χ2n) is 7.11. The van der Waals surface area contributed by atoms with E-state index in [9.17, 15) is 14.9 Å². The number of nitrogens with one attached hydrogen (secondary N) is 1. The quantitative estimate of drug-likeness (QED) is 0.612. The topological polar surface area (TPSA) is 76.0 Å². The van der Waals surface area contributed by atoms with Gasteiger partial charge in [-0.2, -0.15) is 0 Å². The Morgan fingerprint density at radius 3 is 2.42 bits per heavy atom. The summed E-state index contributed by atoms with van der Waals surface area (Å²) in [5.74, 6) is -0.0305. The SMILES string of the molecule is CC(=O)CC(C)(C)C(Cc1[nH]ccc1-c1ccc(C)cc1)[N+](=O)[O-]. The number of aromatic nitrogens is 1. The van der Waals surface area contributed by atoms with Gasteiger partial charge in [0.05, 0.1) is 6.42 Å². The first-order valence-corrected chi connectivity index (χ1v) is 8.07. The van der Waals surface area contributed by atoms with E-state index < -0.39 is 11.5 Å². The molecule has 5 heteroatoms. The zero-order valence-electron chi connectivity index (χ0n) is 14.6. The minimum atomic E-state index is -0.829. The zero-order valence-corrected chi connectivity index (χ0v) is 14.6. The number of hydrogen-bond acceptors (Lipinski definition) is 3. The van der Waals surface area contributed by atoms with Crippen molar-refractivity contribution in [3.8, 4) is 11.1 Å². The number of benzene rings is 1. The van der Waals surface area contributed by atoms with Gasteiger partial charge in [0.2, 0.25) is 6.04 Å². The number of aromatic amines is 1.